The van der Waals surface area contributed by atoms with Gasteiger partial charge in [-0.15, -0.1) is 0 Å². The molecule has 0 bridgehead atoms. The molecule has 0 radical (unpaired) electrons. The van der Waals surface area contributed by atoms with Gasteiger partial charge in [0.25, 0.3) is 0 Å². The number of pyridine rings is 1. The summed E-state index contributed by atoms with van der Waals surface area (Å²) < 4.78 is 50.6. The summed E-state index contributed by atoms with van der Waals surface area (Å²) in [7, 11) is -7.65. The normalized spacial score (nSPS) is 17.8. The molecule has 1 aromatic carbocycles. The van der Waals surface area contributed by atoms with Crippen LogP contribution in [0.15, 0.2) is 30.5 Å². The van der Waals surface area contributed by atoms with Gasteiger partial charge in [0.15, 0.2) is 15.6 Å². The van der Waals surface area contributed by atoms with Crippen LogP contribution >= 0.6 is 23.2 Å². The Balaban J connectivity index is 2.33. The first kappa shape index (κ1) is 22.0. The Hall–Kier alpha value is -1.65. The average molecular weight is 477 g/mol. The minimum absolute atomic E-state index is 0.00147. The summed E-state index contributed by atoms with van der Waals surface area (Å²) in [4.78, 5) is 3.70. The number of nitrogens with one attached hydrogen (secondary N) is 1. The minimum Gasteiger partial charge on any atom is -0.504 e. The van der Waals surface area contributed by atoms with Crippen LogP contribution in [0.25, 0.3) is 10.7 Å². The molecule has 7 nitrogen and oxygen atoms in total. The lowest BCUT2D eigenvalue weighted by Gasteiger charge is -2.33. The number of hydrogen-bond donors (Lipinski definition) is 2. The van der Waals surface area contributed by atoms with Crippen molar-refractivity contribution in [3.63, 3.8) is 0 Å². The van der Waals surface area contributed by atoms with Gasteiger partial charge in [-0.3, -0.25) is 4.98 Å². The Morgan fingerprint density at radius 2 is 1.86 bits per heavy atom. The van der Waals surface area contributed by atoms with E-state index in [9.17, 15) is 21.9 Å². The van der Waals surface area contributed by atoms with Crippen molar-refractivity contribution in [1.82, 2.24) is 9.71 Å². The summed E-state index contributed by atoms with van der Waals surface area (Å²) in [6.07, 6.45) is 2.43. The summed E-state index contributed by atoms with van der Waals surface area (Å²) in [5, 5.41) is 10.8. The Bertz CT molecular complexity index is 1250. The first-order valence-electron chi connectivity index (χ1n) is 8.34. The number of sulfone groups is 1. The number of fused-ring (bicyclic) bond motifs is 1. The molecular weight excluding hydrogens is 459 g/mol. The molecule has 1 aliphatic rings. The molecule has 2 heterocycles. The molecule has 29 heavy (non-hydrogen) atoms. The molecule has 3 rings (SSSR count). The molecule has 0 saturated heterocycles. The van der Waals surface area contributed by atoms with Crippen LogP contribution in [0.3, 0.4) is 0 Å². The topological polar surface area (TPSA) is 113 Å². The fraction of sp³-hybridized carbons (Fsp3) is 0.278. The van der Waals surface area contributed by atoms with E-state index in [-0.39, 0.29) is 27.8 Å². The second-order valence-electron chi connectivity index (χ2n) is 7.08. The maximum atomic E-state index is 13.5. The van der Waals surface area contributed by atoms with Gasteiger partial charge in [-0.2, -0.15) is 0 Å². The van der Waals surface area contributed by atoms with Gasteiger partial charge < -0.3 is 5.11 Å². The van der Waals surface area contributed by atoms with Gasteiger partial charge in [0.05, 0.1) is 21.0 Å². The zero-order chi connectivity index (χ0) is 21.8. The van der Waals surface area contributed by atoms with Crippen LogP contribution in [0, 0.1) is 0 Å². The van der Waals surface area contributed by atoms with Crippen molar-refractivity contribution in [2.45, 2.75) is 25.1 Å². The Morgan fingerprint density at radius 3 is 2.48 bits per heavy atom. The Kier molecular flexibility index (Phi) is 5.51. The monoisotopic (exact) mass is 476 g/mol. The fourth-order valence-corrected chi connectivity index (χ4v) is 6.07. The number of hydrogen-bond acceptors (Lipinski definition) is 6. The van der Waals surface area contributed by atoms with Crippen molar-refractivity contribution in [1.29, 1.82) is 0 Å². The molecule has 1 aromatic heterocycles. The predicted molar refractivity (Wildman–Crippen MR) is 114 cm³/mol. The first-order chi connectivity index (χ1) is 13.3. The van der Waals surface area contributed by atoms with Gasteiger partial charge >= 0.3 is 0 Å². The van der Waals surface area contributed by atoms with Gasteiger partial charge in [0, 0.05) is 23.9 Å². The van der Waals surface area contributed by atoms with Crippen molar-refractivity contribution in [3.8, 4) is 0 Å². The first-order valence-corrected chi connectivity index (χ1v) is 12.5. The number of sulfonamides is 1. The van der Waals surface area contributed by atoms with Crippen molar-refractivity contribution in [3.05, 3.63) is 62.9 Å². The number of rotatable bonds is 4. The standard InChI is InChI=1S/C18H18Cl2N2O5S2/c1-18(2)11-5-4-8-21-15(11)16(23)17(29(18,26)27)13-12(19)7-6-10(14(13)20)9-22-28(3,24)25/h4-8,22-23H,9H2,1-3H3. The molecule has 0 atom stereocenters. The van der Waals surface area contributed by atoms with E-state index in [1.54, 1.807) is 12.1 Å². The van der Waals surface area contributed by atoms with Crippen LogP contribution in [-0.4, -0.2) is 33.2 Å². The molecule has 0 spiro atoms. The SMILES string of the molecule is CC1(C)c2cccnc2C(O)=C(c2c(Cl)ccc(CNS(C)(=O)=O)c2Cl)S1(=O)=O. The van der Waals surface area contributed by atoms with Crippen LogP contribution in [0.5, 0.6) is 0 Å². The van der Waals surface area contributed by atoms with Crippen LogP contribution in [0.1, 0.15) is 36.2 Å². The molecule has 0 unspecified atom stereocenters. The van der Waals surface area contributed by atoms with E-state index in [0.717, 1.165) is 6.26 Å². The van der Waals surface area contributed by atoms with Crippen LogP contribution < -0.4 is 4.72 Å². The third kappa shape index (κ3) is 3.66. The quantitative estimate of drug-likeness (QED) is 0.697. The average Bonchev–Trinajstić information content (AvgIpc) is 2.62. The number of nitrogens with zero attached hydrogens (tertiary/aromatic N) is 1. The third-order valence-electron chi connectivity index (χ3n) is 4.76. The van der Waals surface area contributed by atoms with Crippen LogP contribution in [-0.2, 0) is 31.2 Å². The summed E-state index contributed by atoms with van der Waals surface area (Å²) in [6.45, 7) is 2.84. The van der Waals surface area contributed by atoms with E-state index < -0.39 is 35.3 Å². The second-order valence-corrected chi connectivity index (χ2v) is 12.1. The van der Waals surface area contributed by atoms with Crippen molar-refractivity contribution >= 4 is 53.7 Å². The smallest absolute Gasteiger partial charge is 0.209 e. The van der Waals surface area contributed by atoms with E-state index in [4.69, 9.17) is 23.2 Å². The van der Waals surface area contributed by atoms with Crippen LogP contribution in [0.2, 0.25) is 10.0 Å². The Morgan fingerprint density at radius 1 is 1.21 bits per heavy atom. The molecular formula is C18H18Cl2N2O5S2. The molecule has 11 heteroatoms. The molecule has 156 valence electrons. The van der Waals surface area contributed by atoms with E-state index in [2.05, 4.69) is 9.71 Å². The van der Waals surface area contributed by atoms with Crippen LogP contribution in [0.4, 0.5) is 0 Å². The highest BCUT2D eigenvalue weighted by atomic mass is 35.5. The summed E-state index contributed by atoms with van der Waals surface area (Å²) in [6, 6.07) is 6.06. The largest absolute Gasteiger partial charge is 0.504 e. The van der Waals surface area contributed by atoms with E-state index in [1.807, 2.05) is 0 Å². The number of aromatic nitrogens is 1. The van der Waals surface area contributed by atoms with Crippen molar-refractivity contribution < 1.29 is 21.9 Å². The lowest BCUT2D eigenvalue weighted by atomic mass is 9.97. The highest BCUT2D eigenvalue weighted by molar-refractivity contribution is 8.01. The van der Waals surface area contributed by atoms with E-state index in [0.29, 0.717) is 11.1 Å². The summed E-state index contributed by atoms with van der Waals surface area (Å²) >= 11 is 12.7. The lowest BCUT2D eigenvalue weighted by Crippen LogP contribution is -2.35. The number of halogens is 2. The summed E-state index contributed by atoms with van der Waals surface area (Å²) in [5.41, 5.74) is 0.678. The highest BCUT2D eigenvalue weighted by Gasteiger charge is 2.48. The molecule has 2 aromatic rings. The Labute approximate surface area is 179 Å². The van der Waals surface area contributed by atoms with Gasteiger partial charge in [-0.25, -0.2) is 21.6 Å². The predicted octanol–water partition coefficient (Wildman–Crippen LogP) is 3.48. The van der Waals surface area contributed by atoms with E-state index in [1.165, 1.54) is 32.2 Å². The van der Waals surface area contributed by atoms with Gasteiger partial charge in [-0.1, -0.05) is 35.3 Å². The number of aliphatic hydroxyl groups excluding tert-OH is 1. The molecule has 0 amide bonds. The number of benzene rings is 1. The van der Waals surface area contributed by atoms with Crippen molar-refractivity contribution in [2.75, 3.05) is 6.26 Å². The van der Waals surface area contributed by atoms with Gasteiger partial charge in [0.2, 0.25) is 10.0 Å². The zero-order valence-corrected chi connectivity index (χ0v) is 18.8. The van der Waals surface area contributed by atoms with E-state index >= 15 is 0 Å². The van der Waals surface area contributed by atoms with Gasteiger partial charge in [-0.05, 0) is 31.5 Å². The maximum Gasteiger partial charge on any atom is 0.209 e. The molecule has 0 fully saturated rings. The maximum absolute atomic E-state index is 13.5. The zero-order valence-electron chi connectivity index (χ0n) is 15.7. The molecule has 2 N–H and O–H groups in total. The third-order valence-corrected chi connectivity index (χ3v) is 8.67. The summed E-state index contributed by atoms with van der Waals surface area (Å²) in [5.74, 6) is -0.558. The fourth-order valence-electron chi connectivity index (χ4n) is 3.12. The minimum atomic E-state index is -4.14. The second kappa shape index (κ2) is 7.24. The highest BCUT2D eigenvalue weighted by Crippen LogP contribution is 2.50. The van der Waals surface area contributed by atoms with Crippen molar-refractivity contribution in [2.24, 2.45) is 0 Å². The molecule has 0 aliphatic carbocycles. The number of aliphatic hydroxyl groups is 1. The molecule has 0 saturated carbocycles. The lowest BCUT2D eigenvalue weighted by molar-refractivity contribution is 0.501. The molecule has 1 aliphatic heterocycles. The van der Waals surface area contributed by atoms with Gasteiger partial charge in [0.1, 0.15) is 10.6 Å².